The zero-order valence-corrected chi connectivity index (χ0v) is 10.3. The Labute approximate surface area is 88.6 Å². The summed E-state index contributed by atoms with van der Waals surface area (Å²) in [4.78, 5) is 0. The van der Waals surface area contributed by atoms with Gasteiger partial charge in [-0.2, -0.15) is 0 Å². The number of halogens is 1. The summed E-state index contributed by atoms with van der Waals surface area (Å²) in [6, 6.07) is 0. The van der Waals surface area contributed by atoms with Crippen LogP contribution in [0, 0.1) is 11.3 Å². The van der Waals surface area contributed by atoms with Gasteiger partial charge < -0.3 is 0 Å². The van der Waals surface area contributed by atoms with Gasteiger partial charge in [-0.05, 0) is 30.6 Å². The molecule has 1 heteroatoms. The van der Waals surface area contributed by atoms with Crippen LogP contribution >= 0.6 is 0 Å². The number of hydrogen-bond acceptors (Lipinski definition) is 0. The van der Waals surface area contributed by atoms with E-state index < -0.39 is 6.17 Å². The molecule has 0 aromatic carbocycles. The van der Waals surface area contributed by atoms with Crippen LogP contribution in [0.15, 0.2) is 12.2 Å². The molecule has 0 radical (unpaired) electrons. The summed E-state index contributed by atoms with van der Waals surface area (Å²) in [6.45, 7) is 10.8. The molecule has 14 heavy (non-hydrogen) atoms. The van der Waals surface area contributed by atoms with Crippen LogP contribution in [0.2, 0.25) is 0 Å². The highest BCUT2D eigenvalue weighted by molar-refractivity contribution is 4.91. The lowest BCUT2D eigenvalue weighted by Gasteiger charge is -2.14. The summed E-state index contributed by atoms with van der Waals surface area (Å²) >= 11 is 0. The molecule has 0 aromatic rings. The molecule has 0 aliphatic carbocycles. The smallest absolute Gasteiger partial charge is 0.118 e. The third-order valence-corrected chi connectivity index (χ3v) is 2.09. The van der Waals surface area contributed by atoms with Crippen LogP contribution in [0.1, 0.15) is 53.9 Å². The minimum atomic E-state index is -0.750. The van der Waals surface area contributed by atoms with Crippen molar-refractivity contribution in [3.63, 3.8) is 0 Å². The highest BCUT2D eigenvalue weighted by Gasteiger charge is 2.08. The Balaban J connectivity index is 3.66. The normalized spacial score (nSPS) is 15.4. The maximum atomic E-state index is 13.3. The third kappa shape index (κ3) is 9.76. The van der Waals surface area contributed by atoms with Crippen molar-refractivity contribution in [3.05, 3.63) is 12.2 Å². The molecule has 0 aromatic heterocycles. The van der Waals surface area contributed by atoms with E-state index in [-0.39, 0.29) is 5.41 Å². The molecule has 0 spiro atoms. The van der Waals surface area contributed by atoms with Crippen molar-refractivity contribution in [2.24, 2.45) is 11.3 Å². The van der Waals surface area contributed by atoms with Gasteiger partial charge in [0.2, 0.25) is 0 Å². The number of rotatable bonds is 5. The van der Waals surface area contributed by atoms with Crippen molar-refractivity contribution < 1.29 is 4.39 Å². The first-order valence-corrected chi connectivity index (χ1v) is 5.62. The Bertz CT molecular complexity index is 163. The van der Waals surface area contributed by atoms with Gasteiger partial charge in [0.25, 0.3) is 0 Å². The topological polar surface area (TPSA) is 0 Å². The van der Waals surface area contributed by atoms with Gasteiger partial charge in [-0.1, -0.05) is 46.8 Å². The van der Waals surface area contributed by atoms with E-state index in [9.17, 15) is 4.39 Å². The van der Waals surface area contributed by atoms with Gasteiger partial charge >= 0.3 is 0 Å². The first-order valence-electron chi connectivity index (χ1n) is 5.62. The van der Waals surface area contributed by atoms with Crippen molar-refractivity contribution in [2.75, 3.05) is 0 Å². The van der Waals surface area contributed by atoms with E-state index in [2.05, 4.69) is 34.6 Å². The van der Waals surface area contributed by atoms with E-state index in [4.69, 9.17) is 0 Å². The Morgan fingerprint density at radius 2 is 1.71 bits per heavy atom. The van der Waals surface area contributed by atoms with Crippen molar-refractivity contribution in [1.82, 2.24) is 0 Å². The summed E-state index contributed by atoms with van der Waals surface area (Å²) in [6.07, 6.45) is 5.53. The molecule has 0 aliphatic rings. The van der Waals surface area contributed by atoms with Crippen molar-refractivity contribution in [2.45, 2.75) is 60.1 Å². The minimum absolute atomic E-state index is 0.272. The maximum Gasteiger partial charge on any atom is 0.118 e. The molecule has 0 N–H and O–H groups in total. The molecule has 0 fully saturated rings. The predicted molar refractivity (Wildman–Crippen MR) is 62.2 cm³/mol. The minimum Gasteiger partial charge on any atom is -0.243 e. The summed E-state index contributed by atoms with van der Waals surface area (Å²) < 4.78 is 13.3. The average Bonchev–Trinajstić information content (AvgIpc) is 1.98. The lowest BCUT2D eigenvalue weighted by molar-refractivity contribution is 0.348. The summed E-state index contributed by atoms with van der Waals surface area (Å²) in [5.41, 5.74) is 0.272. The summed E-state index contributed by atoms with van der Waals surface area (Å²) in [5.74, 6) is 0.601. The quantitative estimate of drug-likeness (QED) is 0.562. The monoisotopic (exact) mass is 200 g/mol. The van der Waals surface area contributed by atoms with Gasteiger partial charge in [-0.3, -0.25) is 0 Å². The number of hydrogen-bond donors (Lipinski definition) is 0. The standard InChI is InChI=1S/C13H25F/c1-11(2)8-9-12(14)7-6-10-13(3,4)5/h6-7,11-12H,8-10H2,1-5H3/b7-6+. The van der Waals surface area contributed by atoms with Gasteiger partial charge in [0.15, 0.2) is 0 Å². The van der Waals surface area contributed by atoms with Gasteiger partial charge in [0.05, 0.1) is 0 Å². The van der Waals surface area contributed by atoms with E-state index >= 15 is 0 Å². The number of allylic oxidation sites excluding steroid dienone is 2. The Kier molecular flexibility index (Phi) is 6.06. The van der Waals surface area contributed by atoms with Crippen LogP contribution in [0.5, 0.6) is 0 Å². The third-order valence-electron chi connectivity index (χ3n) is 2.09. The fraction of sp³-hybridized carbons (Fsp3) is 0.846. The Hall–Kier alpha value is -0.330. The van der Waals surface area contributed by atoms with Crippen LogP contribution in [0.3, 0.4) is 0 Å². The zero-order chi connectivity index (χ0) is 11.2. The van der Waals surface area contributed by atoms with Crippen molar-refractivity contribution in [3.8, 4) is 0 Å². The number of alkyl halides is 1. The maximum absolute atomic E-state index is 13.3. The van der Waals surface area contributed by atoms with Gasteiger partial charge in [0, 0.05) is 0 Å². The Morgan fingerprint density at radius 3 is 2.14 bits per heavy atom. The first kappa shape index (κ1) is 13.7. The average molecular weight is 200 g/mol. The van der Waals surface area contributed by atoms with E-state index in [1.165, 1.54) is 0 Å². The van der Waals surface area contributed by atoms with Crippen LogP contribution in [-0.4, -0.2) is 6.17 Å². The van der Waals surface area contributed by atoms with E-state index in [0.717, 1.165) is 12.8 Å². The van der Waals surface area contributed by atoms with Gasteiger partial charge in [0.1, 0.15) is 6.17 Å². The SMILES string of the molecule is CC(C)CCC(F)/C=C/CC(C)(C)C. The van der Waals surface area contributed by atoms with Crippen molar-refractivity contribution in [1.29, 1.82) is 0 Å². The lowest BCUT2D eigenvalue weighted by atomic mass is 9.92. The molecule has 0 aliphatic heterocycles. The second kappa shape index (κ2) is 6.21. The zero-order valence-electron chi connectivity index (χ0n) is 10.3. The second-order valence-electron chi connectivity index (χ2n) is 5.68. The molecular formula is C13H25F. The molecule has 84 valence electrons. The van der Waals surface area contributed by atoms with Gasteiger partial charge in [-0.15, -0.1) is 0 Å². The summed E-state index contributed by atoms with van der Waals surface area (Å²) in [5, 5.41) is 0. The largest absolute Gasteiger partial charge is 0.243 e. The van der Waals surface area contributed by atoms with Crippen LogP contribution in [-0.2, 0) is 0 Å². The first-order chi connectivity index (χ1) is 6.31. The molecular weight excluding hydrogens is 175 g/mol. The van der Waals surface area contributed by atoms with Crippen LogP contribution in [0.4, 0.5) is 4.39 Å². The Morgan fingerprint density at radius 1 is 1.14 bits per heavy atom. The fourth-order valence-electron chi connectivity index (χ4n) is 1.16. The second-order valence-corrected chi connectivity index (χ2v) is 5.68. The molecule has 0 heterocycles. The molecule has 0 bridgehead atoms. The predicted octanol–water partition coefficient (Wildman–Crippen LogP) is 4.75. The van der Waals surface area contributed by atoms with Crippen molar-refractivity contribution >= 4 is 0 Å². The molecule has 0 saturated carbocycles. The molecule has 0 saturated heterocycles. The molecule has 0 rings (SSSR count). The lowest BCUT2D eigenvalue weighted by Crippen LogP contribution is -2.03. The fourth-order valence-corrected chi connectivity index (χ4v) is 1.16. The highest BCUT2D eigenvalue weighted by atomic mass is 19.1. The summed E-state index contributed by atoms with van der Waals surface area (Å²) in [7, 11) is 0. The van der Waals surface area contributed by atoms with E-state index in [1.54, 1.807) is 6.08 Å². The molecule has 1 atom stereocenters. The van der Waals surface area contributed by atoms with Crippen LogP contribution in [0.25, 0.3) is 0 Å². The van der Waals surface area contributed by atoms with Gasteiger partial charge in [-0.25, -0.2) is 4.39 Å². The molecule has 0 amide bonds. The highest BCUT2D eigenvalue weighted by Crippen LogP contribution is 2.19. The molecule has 1 unspecified atom stereocenters. The molecule has 0 nitrogen and oxygen atoms in total. The van der Waals surface area contributed by atoms with E-state index in [1.807, 2.05) is 6.08 Å². The van der Waals surface area contributed by atoms with Crippen LogP contribution < -0.4 is 0 Å². The van der Waals surface area contributed by atoms with E-state index in [0.29, 0.717) is 12.3 Å².